The van der Waals surface area contributed by atoms with E-state index in [0.717, 1.165) is 38.6 Å². The first-order chi connectivity index (χ1) is 9.96. The molecule has 1 heterocycles. The van der Waals surface area contributed by atoms with Crippen LogP contribution in [-0.2, 0) is 9.59 Å². The van der Waals surface area contributed by atoms with Gasteiger partial charge in [-0.1, -0.05) is 33.6 Å². The molecule has 1 saturated carbocycles. The summed E-state index contributed by atoms with van der Waals surface area (Å²) >= 11 is 0. The summed E-state index contributed by atoms with van der Waals surface area (Å²) < 4.78 is 0. The summed E-state index contributed by atoms with van der Waals surface area (Å²) in [4.78, 5) is 27.8. The van der Waals surface area contributed by atoms with Gasteiger partial charge in [-0.15, -0.1) is 0 Å². The molecule has 2 fully saturated rings. The Morgan fingerprint density at radius 2 is 1.76 bits per heavy atom. The van der Waals surface area contributed by atoms with Crippen molar-refractivity contribution in [3.8, 4) is 0 Å². The lowest BCUT2D eigenvalue weighted by molar-refractivity contribution is -0.164. The molecule has 2 amide bonds. The van der Waals surface area contributed by atoms with Gasteiger partial charge < -0.3 is 10.2 Å². The van der Waals surface area contributed by atoms with Crippen LogP contribution in [0.3, 0.4) is 0 Å². The van der Waals surface area contributed by atoms with Crippen molar-refractivity contribution in [2.24, 2.45) is 5.92 Å². The Morgan fingerprint density at radius 3 is 2.24 bits per heavy atom. The van der Waals surface area contributed by atoms with Crippen molar-refractivity contribution in [2.75, 3.05) is 6.54 Å². The fourth-order valence-electron chi connectivity index (χ4n) is 3.62. The van der Waals surface area contributed by atoms with Gasteiger partial charge in [-0.2, -0.15) is 0 Å². The smallest absolute Gasteiger partial charge is 0.249 e. The van der Waals surface area contributed by atoms with E-state index >= 15 is 0 Å². The zero-order chi connectivity index (χ0) is 15.7. The van der Waals surface area contributed by atoms with Gasteiger partial charge >= 0.3 is 0 Å². The predicted molar refractivity (Wildman–Crippen MR) is 83.8 cm³/mol. The SMILES string of the molecule is CCCCCN1C(=O)C(CC)(CC)NC(=O)C1(C)C1CC1. The number of nitrogens with zero attached hydrogens (tertiary/aromatic N) is 1. The van der Waals surface area contributed by atoms with Crippen LogP contribution in [0.5, 0.6) is 0 Å². The predicted octanol–water partition coefficient (Wildman–Crippen LogP) is 2.86. The van der Waals surface area contributed by atoms with Crippen LogP contribution in [0.25, 0.3) is 0 Å². The Bertz CT molecular complexity index is 413. The Morgan fingerprint density at radius 1 is 1.14 bits per heavy atom. The quantitative estimate of drug-likeness (QED) is 0.734. The molecule has 1 N–H and O–H groups in total. The number of carbonyl (C=O) groups excluding carboxylic acids is 2. The van der Waals surface area contributed by atoms with Crippen molar-refractivity contribution in [1.82, 2.24) is 10.2 Å². The molecule has 120 valence electrons. The van der Waals surface area contributed by atoms with Gasteiger partial charge in [-0.3, -0.25) is 9.59 Å². The minimum atomic E-state index is -0.683. The van der Waals surface area contributed by atoms with E-state index in [2.05, 4.69) is 12.2 Å². The van der Waals surface area contributed by atoms with E-state index in [1.807, 2.05) is 25.7 Å². The molecule has 4 nitrogen and oxygen atoms in total. The van der Waals surface area contributed by atoms with Crippen molar-refractivity contribution in [3.63, 3.8) is 0 Å². The third-order valence-corrected chi connectivity index (χ3v) is 5.59. The average molecular weight is 294 g/mol. The van der Waals surface area contributed by atoms with Crippen LogP contribution in [0.1, 0.15) is 72.6 Å². The molecule has 1 atom stereocenters. The van der Waals surface area contributed by atoms with Crippen LogP contribution in [-0.4, -0.2) is 34.3 Å². The highest BCUT2D eigenvalue weighted by Gasteiger charge is 2.60. The minimum Gasteiger partial charge on any atom is -0.340 e. The Kier molecular flexibility index (Phi) is 4.64. The molecule has 0 aromatic carbocycles. The topological polar surface area (TPSA) is 49.4 Å². The summed E-state index contributed by atoms with van der Waals surface area (Å²) in [5.74, 6) is 0.539. The first-order valence-electron chi connectivity index (χ1n) is 8.61. The van der Waals surface area contributed by atoms with Crippen molar-refractivity contribution >= 4 is 11.8 Å². The van der Waals surface area contributed by atoms with Crippen molar-refractivity contribution in [2.45, 2.75) is 83.7 Å². The number of hydrogen-bond acceptors (Lipinski definition) is 2. The maximum absolute atomic E-state index is 13.1. The van der Waals surface area contributed by atoms with Gasteiger partial charge in [0.2, 0.25) is 11.8 Å². The van der Waals surface area contributed by atoms with Crippen LogP contribution in [0, 0.1) is 5.92 Å². The molecule has 0 bridgehead atoms. The summed E-state index contributed by atoms with van der Waals surface area (Å²) in [6, 6.07) is 0. The Balaban J connectivity index is 2.30. The molecule has 2 rings (SSSR count). The Labute approximate surface area is 128 Å². The highest BCUT2D eigenvalue weighted by molar-refractivity contribution is 6.02. The van der Waals surface area contributed by atoms with Crippen LogP contribution >= 0.6 is 0 Å². The summed E-state index contributed by atoms with van der Waals surface area (Å²) in [5, 5.41) is 3.08. The summed E-state index contributed by atoms with van der Waals surface area (Å²) in [7, 11) is 0. The summed E-state index contributed by atoms with van der Waals surface area (Å²) in [6.45, 7) is 8.83. The van der Waals surface area contributed by atoms with E-state index in [4.69, 9.17) is 0 Å². The normalized spacial score (nSPS) is 28.7. The molecule has 4 heteroatoms. The fourth-order valence-corrected chi connectivity index (χ4v) is 3.62. The second-order valence-electron chi connectivity index (χ2n) is 6.83. The van der Waals surface area contributed by atoms with E-state index in [0.29, 0.717) is 18.8 Å². The van der Waals surface area contributed by atoms with Gasteiger partial charge in [0.25, 0.3) is 0 Å². The standard InChI is InChI=1S/C17H30N2O2/c1-5-8-9-12-19-15(21)17(6-2,7-3)18-14(20)16(19,4)13-10-11-13/h13H,5-12H2,1-4H3,(H,18,20). The molecular formula is C17H30N2O2. The highest BCUT2D eigenvalue weighted by Crippen LogP contribution is 2.46. The van der Waals surface area contributed by atoms with E-state index in [1.54, 1.807) is 0 Å². The second kappa shape index (κ2) is 5.98. The van der Waals surface area contributed by atoms with Crippen molar-refractivity contribution in [3.05, 3.63) is 0 Å². The Hall–Kier alpha value is -1.06. The maximum atomic E-state index is 13.1. The lowest BCUT2D eigenvalue weighted by atomic mass is 9.80. The third-order valence-electron chi connectivity index (χ3n) is 5.59. The van der Waals surface area contributed by atoms with Crippen LogP contribution in [0.4, 0.5) is 0 Å². The molecule has 0 spiro atoms. The molecule has 1 aliphatic carbocycles. The largest absolute Gasteiger partial charge is 0.340 e. The van der Waals surface area contributed by atoms with E-state index in [-0.39, 0.29) is 11.8 Å². The highest BCUT2D eigenvalue weighted by atomic mass is 16.2. The molecule has 1 unspecified atom stereocenters. The molecule has 0 aromatic heterocycles. The molecule has 0 radical (unpaired) electrons. The molecule has 1 saturated heterocycles. The third kappa shape index (κ3) is 2.58. The van der Waals surface area contributed by atoms with Gasteiger partial charge in [-0.05, 0) is 44.9 Å². The summed E-state index contributed by atoms with van der Waals surface area (Å²) in [6.07, 6.45) is 6.68. The number of unbranched alkanes of at least 4 members (excludes halogenated alkanes) is 2. The van der Waals surface area contributed by atoms with Crippen molar-refractivity contribution in [1.29, 1.82) is 0 Å². The first-order valence-corrected chi connectivity index (χ1v) is 8.61. The van der Waals surface area contributed by atoms with Crippen LogP contribution < -0.4 is 5.32 Å². The lowest BCUT2D eigenvalue weighted by Crippen LogP contribution is -2.75. The number of hydrogen-bond donors (Lipinski definition) is 1. The molecule has 21 heavy (non-hydrogen) atoms. The number of amides is 2. The number of piperazine rings is 1. The van der Waals surface area contributed by atoms with Gasteiger partial charge in [0, 0.05) is 6.54 Å². The van der Waals surface area contributed by atoms with E-state index in [9.17, 15) is 9.59 Å². The van der Waals surface area contributed by atoms with Crippen molar-refractivity contribution < 1.29 is 9.59 Å². The maximum Gasteiger partial charge on any atom is 0.249 e. The zero-order valence-corrected chi connectivity index (χ0v) is 14.0. The zero-order valence-electron chi connectivity index (χ0n) is 14.0. The minimum absolute atomic E-state index is 0.0600. The van der Waals surface area contributed by atoms with Crippen LogP contribution in [0.15, 0.2) is 0 Å². The van der Waals surface area contributed by atoms with E-state index < -0.39 is 11.1 Å². The van der Waals surface area contributed by atoms with Gasteiger partial charge in [0.15, 0.2) is 0 Å². The number of rotatable bonds is 7. The monoisotopic (exact) mass is 294 g/mol. The average Bonchev–Trinajstić information content (AvgIpc) is 3.32. The second-order valence-corrected chi connectivity index (χ2v) is 6.83. The number of carbonyl (C=O) groups is 2. The summed E-state index contributed by atoms with van der Waals surface area (Å²) in [5.41, 5.74) is -1.31. The lowest BCUT2D eigenvalue weighted by Gasteiger charge is -2.51. The molecule has 0 aromatic rings. The fraction of sp³-hybridized carbons (Fsp3) is 0.882. The first kappa shape index (κ1) is 16.3. The van der Waals surface area contributed by atoms with Gasteiger partial charge in [-0.25, -0.2) is 0 Å². The number of nitrogens with one attached hydrogen (secondary N) is 1. The van der Waals surface area contributed by atoms with Crippen LogP contribution in [0.2, 0.25) is 0 Å². The van der Waals surface area contributed by atoms with Gasteiger partial charge in [0.05, 0.1) is 0 Å². The molecular weight excluding hydrogens is 264 g/mol. The molecule has 1 aliphatic heterocycles. The van der Waals surface area contributed by atoms with E-state index in [1.165, 1.54) is 0 Å². The van der Waals surface area contributed by atoms with Gasteiger partial charge in [0.1, 0.15) is 11.1 Å². The molecule has 2 aliphatic rings.